The molecule has 0 aliphatic carbocycles. The largest absolute Gasteiger partial charge is 0.457 e. The van der Waals surface area contributed by atoms with E-state index < -0.39 is 11.8 Å². The number of esters is 1. The van der Waals surface area contributed by atoms with Crippen molar-refractivity contribution in [2.75, 3.05) is 5.73 Å². The van der Waals surface area contributed by atoms with E-state index in [0.717, 1.165) is 11.6 Å². The zero-order chi connectivity index (χ0) is 14.5. The molecule has 2 rings (SSSR count). The van der Waals surface area contributed by atoms with Crippen LogP contribution in [0.1, 0.15) is 21.5 Å². The van der Waals surface area contributed by atoms with Crippen molar-refractivity contribution in [2.24, 2.45) is 0 Å². The molecule has 0 unspecified atom stereocenters. The molecule has 100 valence electrons. The SMILES string of the molecule is N#Cc1ccc(COC(=O)c2cc(F)ccc2N)cc1. The van der Waals surface area contributed by atoms with E-state index in [0.29, 0.717) is 5.56 Å². The molecule has 20 heavy (non-hydrogen) atoms. The third kappa shape index (κ3) is 3.12. The van der Waals surface area contributed by atoms with Crippen molar-refractivity contribution in [3.05, 3.63) is 65.0 Å². The monoisotopic (exact) mass is 270 g/mol. The number of ether oxygens (including phenoxy) is 1. The zero-order valence-corrected chi connectivity index (χ0v) is 10.5. The van der Waals surface area contributed by atoms with E-state index >= 15 is 0 Å². The summed E-state index contributed by atoms with van der Waals surface area (Å²) in [6.07, 6.45) is 0. The molecule has 5 heteroatoms. The maximum atomic E-state index is 13.1. The number of nitriles is 1. The van der Waals surface area contributed by atoms with Crippen molar-refractivity contribution in [3.8, 4) is 6.07 Å². The van der Waals surface area contributed by atoms with Gasteiger partial charge in [0.1, 0.15) is 12.4 Å². The summed E-state index contributed by atoms with van der Waals surface area (Å²) in [7, 11) is 0. The molecular formula is C15H11FN2O2. The van der Waals surface area contributed by atoms with Crippen LogP contribution in [-0.4, -0.2) is 5.97 Å². The topological polar surface area (TPSA) is 76.1 Å². The summed E-state index contributed by atoms with van der Waals surface area (Å²) < 4.78 is 18.1. The molecular weight excluding hydrogens is 259 g/mol. The third-order valence-electron chi connectivity index (χ3n) is 2.69. The quantitative estimate of drug-likeness (QED) is 0.687. The van der Waals surface area contributed by atoms with E-state index in [-0.39, 0.29) is 17.9 Å². The predicted octanol–water partition coefficient (Wildman–Crippen LogP) is 2.64. The lowest BCUT2D eigenvalue weighted by atomic mass is 10.1. The van der Waals surface area contributed by atoms with E-state index in [1.165, 1.54) is 12.1 Å². The Morgan fingerprint density at radius 3 is 2.60 bits per heavy atom. The molecule has 0 heterocycles. The number of halogens is 1. The van der Waals surface area contributed by atoms with Crippen LogP contribution in [0.2, 0.25) is 0 Å². The van der Waals surface area contributed by atoms with Gasteiger partial charge in [-0.25, -0.2) is 9.18 Å². The average Bonchev–Trinajstić information content (AvgIpc) is 2.47. The van der Waals surface area contributed by atoms with E-state index in [4.69, 9.17) is 15.7 Å². The molecule has 0 aromatic heterocycles. The number of nitrogen functional groups attached to an aromatic ring is 1. The third-order valence-corrected chi connectivity index (χ3v) is 2.69. The Labute approximate surface area is 115 Å². The Morgan fingerprint density at radius 1 is 1.25 bits per heavy atom. The number of carbonyl (C=O) groups excluding carboxylic acids is 1. The number of nitrogens with zero attached hydrogens (tertiary/aromatic N) is 1. The highest BCUT2D eigenvalue weighted by atomic mass is 19.1. The zero-order valence-electron chi connectivity index (χ0n) is 10.5. The molecule has 2 N–H and O–H groups in total. The minimum atomic E-state index is -0.689. The lowest BCUT2D eigenvalue weighted by Gasteiger charge is -2.07. The summed E-state index contributed by atoms with van der Waals surface area (Å²) in [6, 6.07) is 12.1. The van der Waals surface area contributed by atoms with Gasteiger partial charge < -0.3 is 10.5 Å². The Hall–Kier alpha value is -2.87. The molecule has 0 amide bonds. The Bertz CT molecular complexity index is 675. The second-order valence-electron chi connectivity index (χ2n) is 4.12. The molecule has 2 aromatic rings. The van der Waals surface area contributed by atoms with Crippen LogP contribution in [0, 0.1) is 17.1 Å². The van der Waals surface area contributed by atoms with Gasteiger partial charge in [-0.05, 0) is 35.9 Å². The highest BCUT2D eigenvalue weighted by molar-refractivity contribution is 5.95. The van der Waals surface area contributed by atoms with Crippen molar-refractivity contribution >= 4 is 11.7 Å². The lowest BCUT2D eigenvalue weighted by Crippen LogP contribution is -2.08. The fourth-order valence-corrected chi connectivity index (χ4v) is 1.61. The van der Waals surface area contributed by atoms with Crippen LogP contribution >= 0.6 is 0 Å². The van der Waals surface area contributed by atoms with E-state index in [2.05, 4.69) is 0 Å². The molecule has 0 saturated heterocycles. The van der Waals surface area contributed by atoms with Gasteiger partial charge in [0.15, 0.2) is 0 Å². The van der Waals surface area contributed by atoms with Crippen molar-refractivity contribution in [1.82, 2.24) is 0 Å². The summed E-state index contributed by atoms with van der Waals surface area (Å²) in [4.78, 5) is 11.8. The van der Waals surface area contributed by atoms with E-state index in [9.17, 15) is 9.18 Å². The average molecular weight is 270 g/mol. The summed E-state index contributed by atoms with van der Waals surface area (Å²) in [6.45, 7) is 0.0283. The fraction of sp³-hybridized carbons (Fsp3) is 0.0667. The van der Waals surface area contributed by atoms with Gasteiger partial charge in [0.2, 0.25) is 0 Å². The molecule has 0 radical (unpaired) electrons. The van der Waals surface area contributed by atoms with E-state index in [1.54, 1.807) is 24.3 Å². The van der Waals surface area contributed by atoms with Gasteiger partial charge in [-0.2, -0.15) is 5.26 Å². The molecule has 0 bridgehead atoms. The number of benzene rings is 2. The highest BCUT2D eigenvalue weighted by Gasteiger charge is 2.12. The first kappa shape index (κ1) is 13.6. The van der Waals surface area contributed by atoms with Crippen LogP contribution in [0.4, 0.5) is 10.1 Å². The normalized spacial score (nSPS) is 9.80. The predicted molar refractivity (Wildman–Crippen MR) is 71.1 cm³/mol. The van der Waals surface area contributed by atoms with Crippen molar-refractivity contribution in [1.29, 1.82) is 5.26 Å². The number of hydrogen-bond acceptors (Lipinski definition) is 4. The van der Waals surface area contributed by atoms with Gasteiger partial charge in [-0.15, -0.1) is 0 Å². The van der Waals surface area contributed by atoms with Crippen LogP contribution < -0.4 is 5.73 Å². The summed E-state index contributed by atoms with van der Waals surface area (Å²) in [5.41, 5.74) is 7.01. The molecule has 0 fully saturated rings. The number of carbonyl (C=O) groups is 1. The molecule has 0 spiro atoms. The van der Waals surface area contributed by atoms with Crippen LogP contribution in [-0.2, 0) is 11.3 Å². The fourth-order valence-electron chi connectivity index (χ4n) is 1.61. The van der Waals surface area contributed by atoms with Gasteiger partial charge in [0.25, 0.3) is 0 Å². The maximum absolute atomic E-state index is 13.1. The summed E-state index contributed by atoms with van der Waals surface area (Å²) in [5.74, 6) is -1.24. The van der Waals surface area contributed by atoms with Crippen LogP contribution in [0.15, 0.2) is 42.5 Å². The standard InChI is InChI=1S/C15H11FN2O2/c16-12-5-6-14(18)13(7-12)15(19)20-9-11-3-1-10(8-17)2-4-11/h1-7H,9,18H2. The highest BCUT2D eigenvalue weighted by Crippen LogP contribution is 2.15. The second-order valence-corrected chi connectivity index (χ2v) is 4.12. The number of anilines is 1. The van der Waals surface area contributed by atoms with Gasteiger partial charge in [-0.1, -0.05) is 12.1 Å². The molecule has 4 nitrogen and oxygen atoms in total. The number of nitrogens with two attached hydrogens (primary N) is 1. The molecule has 0 aliphatic rings. The molecule has 0 atom stereocenters. The lowest BCUT2D eigenvalue weighted by molar-refractivity contribution is 0.0473. The van der Waals surface area contributed by atoms with E-state index in [1.807, 2.05) is 6.07 Å². The Kier molecular flexibility index (Phi) is 3.96. The Balaban J connectivity index is 2.04. The first-order chi connectivity index (χ1) is 9.60. The van der Waals surface area contributed by atoms with Crippen LogP contribution in [0.3, 0.4) is 0 Å². The minimum Gasteiger partial charge on any atom is -0.457 e. The summed E-state index contributed by atoms with van der Waals surface area (Å²) in [5, 5.41) is 8.67. The van der Waals surface area contributed by atoms with Gasteiger partial charge in [0, 0.05) is 5.69 Å². The van der Waals surface area contributed by atoms with Gasteiger partial charge >= 0.3 is 5.97 Å². The molecule has 0 saturated carbocycles. The number of rotatable bonds is 3. The molecule has 0 aliphatic heterocycles. The van der Waals surface area contributed by atoms with Crippen molar-refractivity contribution in [3.63, 3.8) is 0 Å². The molecule has 2 aromatic carbocycles. The maximum Gasteiger partial charge on any atom is 0.340 e. The van der Waals surface area contributed by atoms with Crippen molar-refractivity contribution < 1.29 is 13.9 Å². The van der Waals surface area contributed by atoms with Gasteiger partial charge in [-0.3, -0.25) is 0 Å². The summed E-state index contributed by atoms with van der Waals surface area (Å²) >= 11 is 0. The van der Waals surface area contributed by atoms with Gasteiger partial charge in [0.05, 0.1) is 17.2 Å². The second kappa shape index (κ2) is 5.85. The Morgan fingerprint density at radius 2 is 1.95 bits per heavy atom. The minimum absolute atomic E-state index is 0.00125. The first-order valence-electron chi connectivity index (χ1n) is 5.81. The first-order valence-corrected chi connectivity index (χ1v) is 5.81. The van der Waals surface area contributed by atoms with Crippen molar-refractivity contribution in [2.45, 2.75) is 6.61 Å². The smallest absolute Gasteiger partial charge is 0.340 e. The van der Waals surface area contributed by atoms with Crippen LogP contribution in [0.5, 0.6) is 0 Å². The number of hydrogen-bond donors (Lipinski definition) is 1. The van der Waals surface area contributed by atoms with Crippen LogP contribution in [0.25, 0.3) is 0 Å².